The van der Waals surface area contributed by atoms with E-state index in [9.17, 15) is 0 Å². The summed E-state index contributed by atoms with van der Waals surface area (Å²) >= 11 is 1.64. The van der Waals surface area contributed by atoms with Crippen molar-refractivity contribution in [3.05, 3.63) is 5.01 Å². The highest BCUT2D eigenvalue weighted by molar-refractivity contribution is 7.15. The summed E-state index contributed by atoms with van der Waals surface area (Å²) in [6.45, 7) is 5.43. The average molecular weight is 226 g/mol. The van der Waals surface area contributed by atoms with Crippen molar-refractivity contribution in [2.45, 2.75) is 38.8 Å². The molecule has 0 aromatic carbocycles. The van der Waals surface area contributed by atoms with Gasteiger partial charge in [-0.15, -0.1) is 10.2 Å². The number of aromatic nitrogens is 2. The molecule has 15 heavy (non-hydrogen) atoms. The number of likely N-dealkylation sites (tertiary alicyclic amines) is 1. The fraction of sp³-hybridized carbons (Fsp3) is 0.800. The van der Waals surface area contributed by atoms with Crippen molar-refractivity contribution in [1.29, 1.82) is 0 Å². The van der Waals surface area contributed by atoms with E-state index in [1.54, 1.807) is 11.3 Å². The van der Waals surface area contributed by atoms with E-state index in [4.69, 9.17) is 0 Å². The quantitative estimate of drug-likeness (QED) is 0.834. The van der Waals surface area contributed by atoms with E-state index in [1.165, 1.54) is 12.8 Å². The van der Waals surface area contributed by atoms with E-state index < -0.39 is 0 Å². The minimum Gasteiger partial charge on any atom is -0.357 e. The maximum atomic E-state index is 4.10. The fourth-order valence-corrected chi connectivity index (χ4v) is 2.62. The third-order valence-electron chi connectivity index (χ3n) is 3.06. The maximum absolute atomic E-state index is 4.10. The molecule has 1 N–H and O–H groups in total. The summed E-state index contributed by atoms with van der Waals surface area (Å²) in [5.41, 5.74) is 0. The molecule has 1 fully saturated rings. The second-order valence-corrected chi connectivity index (χ2v) is 5.50. The van der Waals surface area contributed by atoms with Crippen molar-refractivity contribution in [3.63, 3.8) is 0 Å². The first-order valence-electron chi connectivity index (χ1n) is 5.42. The van der Waals surface area contributed by atoms with E-state index in [2.05, 4.69) is 34.4 Å². The Kier molecular flexibility index (Phi) is 3.21. The van der Waals surface area contributed by atoms with Gasteiger partial charge in [-0.25, -0.2) is 0 Å². The van der Waals surface area contributed by atoms with E-state index in [0.717, 1.165) is 16.7 Å². The molecule has 0 spiro atoms. The number of nitrogens with one attached hydrogen (secondary N) is 1. The van der Waals surface area contributed by atoms with Crippen LogP contribution in [0.3, 0.4) is 0 Å². The molecule has 0 amide bonds. The summed E-state index contributed by atoms with van der Waals surface area (Å²) in [5, 5.41) is 13.6. The monoisotopic (exact) mass is 226 g/mol. The predicted molar refractivity (Wildman–Crippen MR) is 63.4 cm³/mol. The lowest BCUT2D eigenvalue weighted by atomic mass is 9.99. The molecule has 1 saturated heterocycles. The van der Waals surface area contributed by atoms with Crippen LogP contribution in [0.25, 0.3) is 0 Å². The van der Waals surface area contributed by atoms with Gasteiger partial charge in [0, 0.05) is 18.6 Å². The third-order valence-corrected chi connectivity index (χ3v) is 3.83. The molecule has 0 radical (unpaired) electrons. The minimum atomic E-state index is 0.559. The lowest BCUT2D eigenvalue weighted by molar-refractivity contribution is 0.190. The van der Waals surface area contributed by atoms with Gasteiger partial charge in [-0.05, 0) is 33.7 Å². The zero-order valence-corrected chi connectivity index (χ0v) is 10.3. The van der Waals surface area contributed by atoms with Gasteiger partial charge in [-0.3, -0.25) is 0 Å². The van der Waals surface area contributed by atoms with E-state index >= 15 is 0 Å². The molecule has 2 unspecified atom stereocenters. The van der Waals surface area contributed by atoms with Gasteiger partial charge >= 0.3 is 0 Å². The Morgan fingerprint density at radius 1 is 1.47 bits per heavy atom. The molecule has 2 rings (SSSR count). The largest absolute Gasteiger partial charge is 0.357 e. The van der Waals surface area contributed by atoms with Crippen molar-refractivity contribution in [3.8, 4) is 0 Å². The number of hydrogen-bond donors (Lipinski definition) is 1. The number of piperidine rings is 1. The van der Waals surface area contributed by atoms with Gasteiger partial charge in [0.2, 0.25) is 5.13 Å². The zero-order chi connectivity index (χ0) is 10.8. The summed E-state index contributed by atoms with van der Waals surface area (Å²) in [4.78, 5) is 2.41. The maximum Gasteiger partial charge on any atom is 0.205 e. The first kappa shape index (κ1) is 10.8. The molecule has 1 aliphatic heterocycles. The number of aryl methyl sites for hydroxylation is 1. The molecule has 5 heteroatoms. The van der Waals surface area contributed by atoms with Gasteiger partial charge in [-0.2, -0.15) is 0 Å². The molecule has 1 aromatic rings. The van der Waals surface area contributed by atoms with Crippen LogP contribution >= 0.6 is 11.3 Å². The Hall–Kier alpha value is -0.680. The fourth-order valence-electron chi connectivity index (χ4n) is 1.95. The summed E-state index contributed by atoms with van der Waals surface area (Å²) in [7, 11) is 2.19. The van der Waals surface area contributed by atoms with Crippen molar-refractivity contribution in [1.82, 2.24) is 15.1 Å². The van der Waals surface area contributed by atoms with Gasteiger partial charge in [0.15, 0.2) is 0 Å². The van der Waals surface area contributed by atoms with Crippen LogP contribution in [0.4, 0.5) is 5.13 Å². The highest BCUT2D eigenvalue weighted by Gasteiger charge is 2.23. The standard InChI is InChI=1S/C10H18N4S/c1-7-6-9(4-5-14(7)3)11-10-13-12-8(2)15-10/h7,9H,4-6H2,1-3H3,(H,11,13). The predicted octanol–water partition coefficient (Wildman–Crippen LogP) is 1.74. The molecular weight excluding hydrogens is 208 g/mol. The van der Waals surface area contributed by atoms with Crippen LogP contribution in [0.5, 0.6) is 0 Å². The summed E-state index contributed by atoms with van der Waals surface area (Å²) in [6.07, 6.45) is 2.38. The van der Waals surface area contributed by atoms with E-state index in [1.807, 2.05) is 6.92 Å². The lowest BCUT2D eigenvalue weighted by Crippen LogP contribution is -2.42. The third kappa shape index (κ3) is 2.66. The number of anilines is 1. The first-order chi connectivity index (χ1) is 7.15. The lowest BCUT2D eigenvalue weighted by Gasteiger charge is -2.35. The average Bonchev–Trinajstić information content (AvgIpc) is 2.58. The van der Waals surface area contributed by atoms with Crippen molar-refractivity contribution in [2.24, 2.45) is 0 Å². The molecule has 0 bridgehead atoms. The van der Waals surface area contributed by atoms with Gasteiger partial charge in [0.1, 0.15) is 5.01 Å². The smallest absolute Gasteiger partial charge is 0.205 e. The molecular formula is C10H18N4S. The molecule has 0 aliphatic carbocycles. The van der Waals surface area contributed by atoms with Crippen LogP contribution in [0.2, 0.25) is 0 Å². The molecule has 84 valence electrons. The molecule has 0 saturated carbocycles. The molecule has 1 aliphatic rings. The Bertz CT molecular complexity index is 325. The number of nitrogens with zero attached hydrogens (tertiary/aromatic N) is 3. The second kappa shape index (κ2) is 4.45. The van der Waals surface area contributed by atoms with Crippen LogP contribution in [0.1, 0.15) is 24.8 Å². The van der Waals surface area contributed by atoms with Crippen molar-refractivity contribution >= 4 is 16.5 Å². The minimum absolute atomic E-state index is 0.559. The van der Waals surface area contributed by atoms with E-state index in [0.29, 0.717) is 12.1 Å². The van der Waals surface area contributed by atoms with Crippen LogP contribution < -0.4 is 5.32 Å². The van der Waals surface area contributed by atoms with Gasteiger partial charge < -0.3 is 10.2 Å². The summed E-state index contributed by atoms with van der Waals surface area (Å²) in [6, 6.07) is 1.22. The van der Waals surface area contributed by atoms with Crippen LogP contribution in [0, 0.1) is 6.92 Å². The summed E-state index contributed by atoms with van der Waals surface area (Å²) < 4.78 is 0. The van der Waals surface area contributed by atoms with Crippen molar-refractivity contribution < 1.29 is 0 Å². The van der Waals surface area contributed by atoms with E-state index in [-0.39, 0.29) is 0 Å². The topological polar surface area (TPSA) is 41.1 Å². The highest BCUT2D eigenvalue weighted by Crippen LogP contribution is 2.21. The highest BCUT2D eigenvalue weighted by atomic mass is 32.1. The Morgan fingerprint density at radius 3 is 2.87 bits per heavy atom. The second-order valence-electron chi connectivity index (χ2n) is 4.32. The summed E-state index contributed by atoms with van der Waals surface area (Å²) in [5.74, 6) is 0. The van der Waals surface area contributed by atoms with Gasteiger partial charge in [-0.1, -0.05) is 11.3 Å². The first-order valence-corrected chi connectivity index (χ1v) is 6.23. The van der Waals surface area contributed by atoms with Gasteiger partial charge in [0.25, 0.3) is 0 Å². The Balaban J connectivity index is 1.90. The van der Waals surface area contributed by atoms with Gasteiger partial charge in [0.05, 0.1) is 0 Å². The molecule has 1 aromatic heterocycles. The zero-order valence-electron chi connectivity index (χ0n) is 9.53. The Morgan fingerprint density at radius 2 is 2.27 bits per heavy atom. The molecule has 4 nitrogen and oxygen atoms in total. The van der Waals surface area contributed by atoms with Crippen LogP contribution in [0.15, 0.2) is 0 Å². The normalized spacial score (nSPS) is 27.9. The van der Waals surface area contributed by atoms with Crippen LogP contribution in [-0.4, -0.2) is 40.8 Å². The Labute approximate surface area is 94.7 Å². The molecule has 2 atom stereocenters. The van der Waals surface area contributed by atoms with Crippen LogP contribution in [-0.2, 0) is 0 Å². The number of hydrogen-bond acceptors (Lipinski definition) is 5. The SMILES string of the molecule is Cc1nnc(NC2CCN(C)C(C)C2)s1. The van der Waals surface area contributed by atoms with Crippen molar-refractivity contribution in [2.75, 3.05) is 18.9 Å². The number of rotatable bonds is 2. The molecule has 2 heterocycles.